The number of nitrogens with one attached hydrogen (secondary N) is 1. The van der Waals surface area contributed by atoms with Crippen LogP contribution in [0.5, 0.6) is 0 Å². The minimum Gasteiger partial charge on any atom is -0.480 e. The molecule has 2 N–H and O–H groups in total. The van der Waals surface area contributed by atoms with Crippen LogP contribution in [0.2, 0.25) is 0 Å². The molecule has 20 heavy (non-hydrogen) atoms. The highest BCUT2D eigenvalue weighted by atomic mass is 16.4. The van der Waals surface area contributed by atoms with Crippen molar-refractivity contribution in [1.29, 1.82) is 0 Å². The number of amides is 1. The van der Waals surface area contributed by atoms with Crippen molar-refractivity contribution in [3.8, 4) is 0 Å². The molecule has 0 bridgehead atoms. The zero-order chi connectivity index (χ0) is 14.4. The topological polar surface area (TPSA) is 79.3 Å². The first-order chi connectivity index (χ1) is 9.66. The third kappa shape index (κ3) is 3.65. The number of carboxylic acids is 1. The Morgan fingerprint density at radius 3 is 2.50 bits per heavy atom. The minimum absolute atomic E-state index is 0.196. The molecule has 1 amide bonds. The van der Waals surface area contributed by atoms with Gasteiger partial charge in [-0.2, -0.15) is 0 Å². The Bertz CT molecular complexity index is 585. The molecule has 5 heteroatoms. The van der Waals surface area contributed by atoms with Gasteiger partial charge in [-0.1, -0.05) is 24.3 Å². The number of hydrogen-bond acceptors (Lipinski definition) is 3. The lowest BCUT2D eigenvalue weighted by Gasteiger charge is -2.14. The lowest BCUT2D eigenvalue weighted by Crippen LogP contribution is -2.42. The molecule has 1 aromatic heterocycles. The molecule has 0 aliphatic carbocycles. The maximum absolute atomic E-state index is 12.0. The van der Waals surface area contributed by atoms with Gasteiger partial charge in [-0.25, -0.2) is 4.79 Å². The fourth-order valence-corrected chi connectivity index (χ4v) is 1.79. The van der Waals surface area contributed by atoms with Gasteiger partial charge in [0.1, 0.15) is 6.04 Å². The van der Waals surface area contributed by atoms with Crippen molar-refractivity contribution < 1.29 is 14.7 Å². The van der Waals surface area contributed by atoms with Crippen LogP contribution in [0.25, 0.3) is 0 Å². The summed E-state index contributed by atoms with van der Waals surface area (Å²) in [6.07, 6.45) is 3.40. The molecule has 5 nitrogen and oxygen atoms in total. The fourth-order valence-electron chi connectivity index (χ4n) is 1.79. The standard InChI is InChI=1S/C15H14N2O3/c18-14(12-6-2-1-3-7-12)17-13(15(19)20)9-11-5-4-8-16-10-11/h1-8,10,13H,9H2,(H,17,18)(H,19,20). The van der Waals surface area contributed by atoms with E-state index in [2.05, 4.69) is 10.3 Å². The van der Waals surface area contributed by atoms with Crippen LogP contribution in [0.4, 0.5) is 0 Å². The van der Waals surface area contributed by atoms with E-state index >= 15 is 0 Å². The van der Waals surface area contributed by atoms with Gasteiger partial charge in [0.2, 0.25) is 0 Å². The summed E-state index contributed by atoms with van der Waals surface area (Å²) in [4.78, 5) is 27.1. The van der Waals surface area contributed by atoms with E-state index in [1.54, 1.807) is 54.9 Å². The van der Waals surface area contributed by atoms with Gasteiger partial charge in [-0.05, 0) is 23.8 Å². The summed E-state index contributed by atoms with van der Waals surface area (Å²) in [5, 5.41) is 11.7. The van der Waals surface area contributed by atoms with E-state index in [0.29, 0.717) is 5.56 Å². The number of carboxylic acid groups (broad SMARTS) is 1. The normalized spacial score (nSPS) is 11.6. The van der Waals surface area contributed by atoms with Gasteiger partial charge >= 0.3 is 5.97 Å². The largest absolute Gasteiger partial charge is 0.480 e. The molecule has 1 atom stereocenters. The third-order valence-corrected chi connectivity index (χ3v) is 2.80. The summed E-state index contributed by atoms with van der Waals surface area (Å²) < 4.78 is 0. The Morgan fingerprint density at radius 1 is 1.15 bits per heavy atom. The minimum atomic E-state index is -1.07. The molecule has 2 aromatic rings. The van der Waals surface area contributed by atoms with Crippen LogP contribution in [0.15, 0.2) is 54.9 Å². The Morgan fingerprint density at radius 2 is 1.90 bits per heavy atom. The molecule has 102 valence electrons. The molecule has 2 rings (SSSR count). The second kappa shape index (κ2) is 6.47. The van der Waals surface area contributed by atoms with Crippen LogP contribution in [-0.2, 0) is 11.2 Å². The maximum Gasteiger partial charge on any atom is 0.326 e. The second-order valence-electron chi connectivity index (χ2n) is 4.30. The van der Waals surface area contributed by atoms with E-state index in [9.17, 15) is 14.7 Å². The first-order valence-corrected chi connectivity index (χ1v) is 6.14. The molecule has 0 radical (unpaired) electrons. The number of nitrogens with zero attached hydrogens (tertiary/aromatic N) is 1. The number of rotatable bonds is 5. The highest BCUT2D eigenvalue weighted by Crippen LogP contribution is 2.04. The smallest absolute Gasteiger partial charge is 0.326 e. The van der Waals surface area contributed by atoms with Crippen molar-refractivity contribution in [2.45, 2.75) is 12.5 Å². The van der Waals surface area contributed by atoms with Crippen molar-refractivity contribution >= 4 is 11.9 Å². The summed E-state index contributed by atoms with van der Waals surface area (Å²) in [5.74, 6) is -1.47. The Kier molecular flexibility index (Phi) is 4.44. The van der Waals surface area contributed by atoms with E-state index < -0.39 is 17.9 Å². The van der Waals surface area contributed by atoms with Crippen molar-refractivity contribution in [2.24, 2.45) is 0 Å². The Hall–Kier alpha value is -2.69. The SMILES string of the molecule is O=C(NC(Cc1cccnc1)C(=O)O)c1ccccc1. The van der Waals surface area contributed by atoms with E-state index in [1.807, 2.05) is 0 Å². The van der Waals surface area contributed by atoms with Gasteiger partial charge in [0.25, 0.3) is 5.91 Å². The average Bonchev–Trinajstić information content (AvgIpc) is 2.48. The predicted octanol–water partition coefficient (Wildman–Crippen LogP) is 1.51. The number of carbonyl (C=O) groups excluding carboxylic acids is 1. The monoisotopic (exact) mass is 270 g/mol. The highest BCUT2D eigenvalue weighted by molar-refractivity contribution is 5.96. The van der Waals surface area contributed by atoms with Crippen molar-refractivity contribution in [2.75, 3.05) is 0 Å². The fraction of sp³-hybridized carbons (Fsp3) is 0.133. The number of carbonyl (C=O) groups is 2. The summed E-state index contributed by atoms with van der Waals surface area (Å²) in [7, 11) is 0. The van der Waals surface area contributed by atoms with E-state index in [4.69, 9.17) is 0 Å². The maximum atomic E-state index is 12.0. The molecule has 0 saturated carbocycles. The van der Waals surface area contributed by atoms with E-state index in [1.165, 1.54) is 0 Å². The van der Waals surface area contributed by atoms with Gasteiger partial charge in [0.05, 0.1) is 0 Å². The molecule has 1 aromatic carbocycles. The second-order valence-corrected chi connectivity index (χ2v) is 4.30. The molecule has 0 fully saturated rings. The molecule has 0 aliphatic heterocycles. The summed E-state index contributed by atoms with van der Waals surface area (Å²) in [5.41, 5.74) is 1.19. The van der Waals surface area contributed by atoms with Crippen molar-refractivity contribution in [1.82, 2.24) is 10.3 Å². The number of pyridine rings is 1. The summed E-state index contributed by atoms with van der Waals surface area (Å²) in [6, 6.07) is 11.0. The van der Waals surface area contributed by atoms with E-state index in [0.717, 1.165) is 5.56 Å². The molecular formula is C15H14N2O3. The van der Waals surface area contributed by atoms with Crippen molar-refractivity contribution in [3.63, 3.8) is 0 Å². The first-order valence-electron chi connectivity index (χ1n) is 6.14. The van der Waals surface area contributed by atoms with Crippen LogP contribution >= 0.6 is 0 Å². The quantitative estimate of drug-likeness (QED) is 0.863. The Labute approximate surface area is 116 Å². The highest BCUT2D eigenvalue weighted by Gasteiger charge is 2.21. The summed E-state index contributed by atoms with van der Waals surface area (Å²) in [6.45, 7) is 0. The molecule has 0 aliphatic rings. The number of hydrogen-bond donors (Lipinski definition) is 2. The average molecular weight is 270 g/mol. The van der Waals surface area contributed by atoms with E-state index in [-0.39, 0.29) is 6.42 Å². The van der Waals surface area contributed by atoms with Crippen LogP contribution in [0.3, 0.4) is 0 Å². The molecule has 1 unspecified atom stereocenters. The third-order valence-electron chi connectivity index (χ3n) is 2.80. The van der Waals surface area contributed by atoms with Crippen LogP contribution < -0.4 is 5.32 Å². The zero-order valence-corrected chi connectivity index (χ0v) is 10.7. The van der Waals surface area contributed by atoms with Gasteiger partial charge < -0.3 is 10.4 Å². The lowest BCUT2D eigenvalue weighted by atomic mass is 10.1. The van der Waals surface area contributed by atoms with Gasteiger partial charge in [-0.15, -0.1) is 0 Å². The van der Waals surface area contributed by atoms with Gasteiger partial charge in [-0.3, -0.25) is 9.78 Å². The molecule has 0 spiro atoms. The van der Waals surface area contributed by atoms with Gasteiger partial charge in [0, 0.05) is 24.4 Å². The van der Waals surface area contributed by atoms with Gasteiger partial charge in [0.15, 0.2) is 0 Å². The van der Waals surface area contributed by atoms with Crippen LogP contribution in [0.1, 0.15) is 15.9 Å². The van der Waals surface area contributed by atoms with Crippen LogP contribution in [-0.4, -0.2) is 28.0 Å². The lowest BCUT2D eigenvalue weighted by molar-refractivity contribution is -0.139. The number of aliphatic carboxylic acids is 1. The number of benzene rings is 1. The first kappa shape index (κ1) is 13.7. The van der Waals surface area contributed by atoms with Crippen LogP contribution in [0, 0.1) is 0 Å². The summed E-state index contributed by atoms with van der Waals surface area (Å²) >= 11 is 0. The predicted molar refractivity (Wildman–Crippen MR) is 73.3 cm³/mol. The Balaban J connectivity index is 2.07. The molecule has 0 saturated heterocycles. The number of aromatic nitrogens is 1. The molecular weight excluding hydrogens is 256 g/mol. The molecule has 1 heterocycles. The van der Waals surface area contributed by atoms with Crippen molar-refractivity contribution in [3.05, 3.63) is 66.0 Å². The zero-order valence-electron chi connectivity index (χ0n) is 10.7.